The van der Waals surface area contributed by atoms with Crippen molar-refractivity contribution in [1.29, 1.82) is 0 Å². The molecular formula is C17H22N2O4. The van der Waals surface area contributed by atoms with Crippen LogP contribution in [0.4, 0.5) is 0 Å². The van der Waals surface area contributed by atoms with Gasteiger partial charge < -0.3 is 5.11 Å². The van der Waals surface area contributed by atoms with Crippen LogP contribution in [-0.2, 0) is 14.1 Å². The number of aromatic nitrogens is 2. The molecule has 0 unspecified atom stereocenters. The molecule has 0 spiro atoms. The maximum atomic E-state index is 13.3. The molecule has 23 heavy (non-hydrogen) atoms. The van der Waals surface area contributed by atoms with Crippen LogP contribution in [0.25, 0.3) is 0 Å². The molecule has 0 aromatic carbocycles. The predicted octanol–water partition coefficient (Wildman–Crippen LogP) is 1.19. The van der Waals surface area contributed by atoms with E-state index in [2.05, 4.69) is 0 Å². The van der Waals surface area contributed by atoms with Gasteiger partial charge in [0.15, 0.2) is 5.78 Å². The third kappa shape index (κ3) is 1.90. The molecule has 6 nitrogen and oxygen atoms in total. The highest BCUT2D eigenvalue weighted by Gasteiger charge is 2.55. The zero-order chi connectivity index (χ0) is 16.5. The summed E-state index contributed by atoms with van der Waals surface area (Å²) in [7, 11) is 2.73. The Bertz CT molecular complexity index is 782. The molecule has 124 valence electrons. The normalized spacial score (nSPS) is 34.8. The Hall–Kier alpha value is -1.85. The summed E-state index contributed by atoms with van der Waals surface area (Å²) in [5.41, 5.74) is -1.99. The van der Waals surface area contributed by atoms with Crippen LogP contribution in [0, 0.1) is 23.2 Å². The second kappa shape index (κ2) is 4.58. The van der Waals surface area contributed by atoms with E-state index in [1.54, 1.807) is 0 Å². The first kappa shape index (κ1) is 14.7. The van der Waals surface area contributed by atoms with E-state index in [9.17, 15) is 19.5 Å². The van der Waals surface area contributed by atoms with E-state index in [1.165, 1.54) is 33.4 Å². The predicted molar refractivity (Wildman–Crippen MR) is 83.5 cm³/mol. The molecule has 5 rings (SSSR count). The molecule has 4 aliphatic rings. The first-order valence-electron chi connectivity index (χ1n) is 8.36. The Balaban J connectivity index is 1.85. The summed E-state index contributed by atoms with van der Waals surface area (Å²) in [6.45, 7) is 0. The molecule has 1 aromatic rings. The van der Waals surface area contributed by atoms with Gasteiger partial charge in [-0.25, -0.2) is 4.79 Å². The number of aromatic hydroxyl groups is 1. The van der Waals surface area contributed by atoms with Crippen molar-refractivity contribution in [3.05, 3.63) is 26.4 Å². The highest BCUT2D eigenvalue weighted by Crippen LogP contribution is 2.61. The Labute approximate surface area is 133 Å². The van der Waals surface area contributed by atoms with Crippen molar-refractivity contribution in [3.63, 3.8) is 0 Å². The molecule has 1 aromatic heterocycles. The van der Waals surface area contributed by atoms with E-state index in [-0.39, 0.29) is 11.3 Å². The number of carbonyl (C=O) groups is 1. The summed E-state index contributed by atoms with van der Waals surface area (Å²) in [4.78, 5) is 37.6. The van der Waals surface area contributed by atoms with Crippen molar-refractivity contribution in [2.45, 2.75) is 38.5 Å². The van der Waals surface area contributed by atoms with Gasteiger partial charge in [-0.15, -0.1) is 0 Å². The number of rotatable bonds is 2. The van der Waals surface area contributed by atoms with E-state index >= 15 is 0 Å². The second-order valence-electron chi connectivity index (χ2n) is 7.93. The average molecular weight is 318 g/mol. The molecule has 4 fully saturated rings. The van der Waals surface area contributed by atoms with Gasteiger partial charge in [0.1, 0.15) is 5.56 Å². The number of nitrogens with zero attached hydrogens (tertiary/aromatic N) is 2. The van der Waals surface area contributed by atoms with Gasteiger partial charge in [0.2, 0.25) is 5.88 Å². The third-order valence-electron chi connectivity index (χ3n) is 6.38. The maximum Gasteiger partial charge on any atom is 0.333 e. The summed E-state index contributed by atoms with van der Waals surface area (Å²) >= 11 is 0. The Morgan fingerprint density at radius 1 is 1.00 bits per heavy atom. The minimum absolute atomic E-state index is 0.198. The van der Waals surface area contributed by atoms with Gasteiger partial charge in [-0.05, 0) is 56.3 Å². The van der Waals surface area contributed by atoms with Crippen molar-refractivity contribution >= 4 is 5.78 Å². The van der Waals surface area contributed by atoms with Crippen LogP contribution < -0.4 is 11.2 Å². The fourth-order valence-corrected chi connectivity index (χ4v) is 5.69. The summed E-state index contributed by atoms with van der Waals surface area (Å²) in [6.07, 6.45) is 6.06. The first-order chi connectivity index (χ1) is 10.8. The number of ketones is 1. The lowest BCUT2D eigenvalue weighted by molar-refractivity contribution is -0.0355. The van der Waals surface area contributed by atoms with E-state index < -0.39 is 22.5 Å². The molecule has 4 aliphatic carbocycles. The summed E-state index contributed by atoms with van der Waals surface area (Å²) < 4.78 is 1.89. The molecule has 0 saturated heterocycles. The largest absolute Gasteiger partial charge is 0.494 e. The second-order valence-corrected chi connectivity index (χ2v) is 7.93. The van der Waals surface area contributed by atoms with Crippen molar-refractivity contribution in [2.24, 2.45) is 37.3 Å². The van der Waals surface area contributed by atoms with Gasteiger partial charge in [-0.1, -0.05) is 0 Å². The van der Waals surface area contributed by atoms with Gasteiger partial charge in [-0.3, -0.25) is 18.7 Å². The van der Waals surface area contributed by atoms with Gasteiger partial charge in [0.25, 0.3) is 5.56 Å². The summed E-state index contributed by atoms with van der Waals surface area (Å²) in [6, 6.07) is 0. The zero-order valence-corrected chi connectivity index (χ0v) is 13.5. The van der Waals surface area contributed by atoms with Crippen molar-refractivity contribution in [2.75, 3.05) is 0 Å². The van der Waals surface area contributed by atoms with Gasteiger partial charge in [-0.2, -0.15) is 0 Å². The molecule has 6 heteroatoms. The van der Waals surface area contributed by atoms with Crippen molar-refractivity contribution in [3.8, 4) is 5.88 Å². The van der Waals surface area contributed by atoms with Crippen LogP contribution in [0.3, 0.4) is 0 Å². The van der Waals surface area contributed by atoms with E-state index in [0.29, 0.717) is 17.8 Å². The highest BCUT2D eigenvalue weighted by molar-refractivity contribution is 6.02. The Kier molecular flexibility index (Phi) is 2.93. The SMILES string of the molecule is Cn1c(O)c(C(=O)C23CC4CC(CC(C4)C2)C3)c(=O)n(C)c1=O. The molecule has 0 amide bonds. The van der Waals surface area contributed by atoms with E-state index in [1.807, 2.05) is 0 Å². The molecule has 0 aliphatic heterocycles. The zero-order valence-electron chi connectivity index (χ0n) is 13.5. The van der Waals surface area contributed by atoms with Gasteiger partial charge >= 0.3 is 5.69 Å². The lowest BCUT2D eigenvalue weighted by Gasteiger charge is -2.55. The molecule has 0 atom stereocenters. The number of hydrogen-bond donors (Lipinski definition) is 1. The molecular weight excluding hydrogens is 296 g/mol. The standard InChI is InChI=1S/C17H22N2O4/c1-18-14(21)12(15(22)19(2)16(18)23)13(20)17-6-9-3-10(7-17)5-11(4-9)8-17/h9-11,21H,3-8H2,1-2H3. The van der Waals surface area contributed by atoms with Crippen LogP contribution in [0.5, 0.6) is 5.88 Å². The van der Waals surface area contributed by atoms with Crippen molar-refractivity contribution in [1.82, 2.24) is 9.13 Å². The molecule has 1 N–H and O–H groups in total. The van der Waals surface area contributed by atoms with Crippen LogP contribution in [0.1, 0.15) is 48.9 Å². The van der Waals surface area contributed by atoms with E-state index in [4.69, 9.17) is 0 Å². The summed E-state index contributed by atoms with van der Waals surface area (Å²) in [5.74, 6) is 0.986. The average Bonchev–Trinajstić information content (AvgIpc) is 2.50. The fraction of sp³-hybridized carbons (Fsp3) is 0.706. The number of Topliss-reactive ketones (excluding diaryl/α,β-unsaturated/α-hetero) is 1. The first-order valence-corrected chi connectivity index (χ1v) is 8.36. The van der Waals surface area contributed by atoms with Crippen LogP contribution in [-0.4, -0.2) is 20.0 Å². The minimum Gasteiger partial charge on any atom is -0.494 e. The van der Waals surface area contributed by atoms with Gasteiger partial charge in [0, 0.05) is 19.5 Å². The number of hydrogen-bond acceptors (Lipinski definition) is 4. The maximum absolute atomic E-state index is 13.3. The molecule has 4 bridgehead atoms. The Morgan fingerprint density at radius 2 is 1.48 bits per heavy atom. The van der Waals surface area contributed by atoms with Gasteiger partial charge in [0.05, 0.1) is 0 Å². The van der Waals surface area contributed by atoms with Crippen LogP contribution in [0.2, 0.25) is 0 Å². The lowest BCUT2D eigenvalue weighted by atomic mass is 9.48. The number of carbonyl (C=O) groups excluding carboxylic acids is 1. The quantitative estimate of drug-likeness (QED) is 0.831. The molecule has 4 saturated carbocycles. The molecule has 1 heterocycles. The highest BCUT2D eigenvalue weighted by atomic mass is 16.3. The molecule has 0 radical (unpaired) electrons. The lowest BCUT2D eigenvalue weighted by Crippen LogP contribution is -2.52. The van der Waals surface area contributed by atoms with Crippen LogP contribution in [0.15, 0.2) is 9.59 Å². The Morgan fingerprint density at radius 3 is 1.96 bits per heavy atom. The topological polar surface area (TPSA) is 81.3 Å². The van der Waals surface area contributed by atoms with Crippen LogP contribution >= 0.6 is 0 Å². The minimum atomic E-state index is -0.675. The monoisotopic (exact) mass is 318 g/mol. The third-order valence-corrected chi connectivity index (χ3v) is 6.38. The van der Waals surface area contributed by atoms with Crippen molar-refractivity contribution < 1.29 is 9.90 Å². The summed E-state index contributed by atoms with van der Waals surface area (Å²) in [5, 5.41) is 10.3. The van der Waals surface area contributed by atoms with E-state index in [0.717, 1.165) is 28.4 Å². The fourth-order valence-electron chi connectivity index (χ4n) is 5.69. The smallest absolute Gasteiger partial charge is 0.333 e.